The molecule has 0 saturated carbocycles. The zero-order valence-electron chi connectivity index (χ0n) is 13.1. The Morgan fingerprint density at radius 1 is 1.16 bits per heavy atom. The van der Waals surface area contributed by atoms with Crippen LogP contribution in [0.2, 0.25) is 0 Å². The maximum atomic E-state index is 12.8. The third kappa shape index (κ3) is 4.44. The molecule has 0 saturated heterocycles. The molecule has 9 heteroatoms. The number of aromatic nitrogens is 1. The summed E-state index contributed by atoms with van der Waals surface area (Å²) in [6.07, 6.45) is 1.46. The third-order valence-corrected chi connectivity index (χ3v) is 4.72. The molecule has 0 unspecified atom stereocenters. The van der Waals surface area contributed by atoms with Gasteiger partial charge in [0.2, 0.25) is 10.0 Å². The molecule has 1 N–H and O–H groups in total. The highest BCUT2D eigenvalue weighted by Crippen LogP contribution is 2.29. The van der Waals surface area contributed by atoms with Gasteiger partial charge in [-0.1, -0.05) is 12.1 Å². The molecule has 1 amide bonds. The van der Waals surface area contributed by atoms with E-state index in [1.54, 1.807) is 0 Å². The minimum atomic E-state index is -3.86. The number of nitrogens with zero attached hydrogens (tertiary/aromatic N) is 1. The summed E-state index contributed by atoms with van der Waals surface area (Å²) in [6.45, 7) is 0.728. The standard InChI is InChI=1S/C16H15FN2O5S/c17-12-3-1-11(2-4-12)5-8-25(21,22)19-16(20)13-9-14-15(10-18-13)24-7-6-23-14/h1-4,9-10H,5-8H2,(H,19,20). The molecule has 0 atom stereocenters. The monoisotopic (exact) mass is 366 g/mol. The molecule has 1 aromatic heterocycles. The van der Waals surface area contributed by atoms with Crippen LogP contribution in [0, 0.1) is 5.82 Å². The third-order valence-electron chi connectivity index (χ3n) is 3.48. The number of nitrogens with one attached hydrogen (secondary N) is 1. The molecular formula is C16H15FN2O5S. The Morgan fingerprint density at radius 2 is 1.84 bits per heavy atom. The van der Waals surface area contributed by atoms with Crippen LogP contribution in [0.25, 0.3) is 0 Å². The van der Waals surface area contributed by atoms with Gasteiger partial charge in [0.25, 0.3) is 5.91 Å². The molecule has 3 rings (SSSR count). The lowest BCUT2D eigenvalue weighted by molar-refractivity contribution is 0.0975. The van der Waals surface area contributed by atoms with Crippen molar-refractivity contribution >= 4 is 15.9 Å². The summed E-state index contributed by atoms with van der Waals surface area (Å²) in [7, 11) is -3.86. The summed E-state index contributed by atoms with van der Waals surface area (Å²) in [5.74, 6) is -0.813. The molecule has 132 valence electrons. The second-order valence-corrected chi connectivity index (χ2v) is 7.18. The molecule has 0 aliphatic carbocycles. The fraction of sp³-hybridized carbons (Fsp3) is 0.250. The number of aryl methyl sites for hydroxylation is 1. The van der Waals surface area contributed by atoms with Crippen LogP contribution in [-0.4, -0.2) is 38.3 Å². The lowest BCUT2D eigenvalue weighted by atomic mass is 10.2. The average molecular weight is 366 g/mol. The van der Waals surface area contributed by atoms with Gasteiger partial charge in [-0.2, -0.15) is 0 Å². The zero-order chi connectivity index (χ0) is 17.9. The second-order valence-electron chi connectivity index (χ2n) is 5.34. The van der Waals surface area contributed by atoms with Crippen LogP contribution in [0.15, 0.2) is 36.5 Å². The molecule has 0 radical (unpaired) electrons. The first-order valence-corrected chi connectivity index (χ1v) is 9.13. The fourth-order valence-electron chi connectivity index (χ4n) is 2.22. The number of sulfonamides is 1. The summed E-state index contributed by atoms with van der Waals surface area (Å²) in [4.78, 5) is 16.0. The summed E-state index contributed by atoms with van der Waals surface area (Å²) < 4.78 is 49.5. The molecule has 7 nitrogen and oxygen atoms in total. The fourth-order valence-corrected chi connectivity index (χ4v) is 3.21. The van der Waals surface area contributed by atoms with E-state index in [-0.39, 0.29) is 17.9 Å². The average Bonchev–Trinajstić information content (AvgIpc) is 2.60. The van der Waals surface area contributed by atoms with Gasteiger partial charge >= 0.3 is 0 Å². The molecule has 1 aromatic carbocycles. The van der Waals surface area contributed by atoms with Crippen LogP contribution >= 0.6 is 0 Å². The SMILES string of the molecule is O=C(NS(=O)(=O)CCc1ccc(F)cc1)c1cc2c(cn1)OCCO2. The van der Waals surface area contributed by atoms with Gasteiger partial charge in [-0.3, -0.25) is 4.79 Å². The van der Waals surface area contributed by atoms with Crippen molar-refractivity contribution in [2.24, 2.45) is 0 Å². The van der Waals surface area contributed by atoms with E-state index in [0.29, 0.717) is 30.3 Å². The van der Waals surface area contributed by atoms with E-state index < -0.39 is 21.7 Å². The number of carbonyl (C=O) groups excluding carboxylic acids is 1. The summed E-state index contributed by atoms with van der Waals surface area (Å²) in [5.41, 5.74) is 0.561. The number of halogens is 1. The highest BCUT2D eigenvalue weighted by Gasteiger charge is 2.20. The van der Waals surface area contributed by atoms with Crippen molar-refractivity contribution in [2.45, 2.75) is 6.42 Å². The lowest BCUT2D eigenvalue weighted by Gasteiger charge is -2.18. The maximum Gasteiger partial charge on any atom is 0.283 e. The number of fused-ring (bicyclic) bond motifs is 1. The van der Waals surface area contributed by atoms with E-state index in [4.69, 9.17) is 9.47 Å². The number of amides is 1. The van der Waals surface area contributed by atoms with Gasteiger partial charge in [-0.05, 0) is 24.1 Å². The first kappa shape index (κ1) is 17.2. The minimum absolute atomic E-state index is 0.0883. The van der Waals surface area contributed by atoms with Crippen LogP contribution in [0.3, 0.4) is 0 Å². The highest BCUT2D eigenvalue weighted by atomic mass is 32.2. The molecule has 0 fully saturated rings. The topological polar surface area (TPSA) is 94.6 Å². The van der Waals surface area contributed by atoms with Gasteiger partial charge in [-0.15, -0.1) is 0 Å². The zero-order valence-corrected chi connectivity index (χ0v) is 13.9. The Morgan fingerprint density at radius 3 is 2.56 bits per heavy atom. The predicted molar refractivity (Wildman–Crippen MR) is 86.6 cm³/mol. The van der Waals surface area contributed by atoms with E-state index in [1.165, 1.54) is 36.5 Å². The quantitative estimate of drug-likeness (QED) is 0.857. The predicted octanol–water partition coefficient (Wildman–Crippen LogP) is 1.29. The van der Waals surface area contributed by atoms with Crippen molar-refractivity contribution in [3.63, 3.8) is 0 Å². The number of hydrogen-bond donors (Lipinski definition) is 1. The number of rotatable bonds is 5. The summed E-state index contributed by atoms with van der Waals surface area (Å²) in [5, 5.41) is 0. The molecule has 0 spiro atoms. The van der Waals surface area contributed by atoms with Crippen molar-refractivity contribution in [1.29, 1.82) is 0 Å². The highest BCUT2D eigenvalue weighted by molar-refractivity contribution is 7.90. The number of benzene rings is 1. The molecule has 2 heterocycles. The Balaban J connectivity index is 1.63. The van der Waals surface area contributed by atoms with Crippen LogP contribution < -0.4 is 14.2 Å². The van der Waals surface area contributed by atoms with E-state index in [1.807, 2.05) is 4.72 Å². The van der Waals surface area contributed by atoms with Gasteiger partial charge in [0.1, 0.15) is 24.7 Å². The van der Waals surface area contributed by atoms with Crippen molar-refractivity contribution in [1.82, 2.24) is 9.71 Å². The van der Waals surface area contributed by atoms with E-state index in [2.05, 4.69) is 4.98 Å². The number of ether oxygens (including phenoxy) is 2. The van der Waals surface area contributed by atoms with Crippen LogP contribution in [0.1, 0.15) is 16.1 Å². The van der Waals surface area contributed by atoms with Crippen LogP contribution in [-0.2, 0) is 16.4 Å². The van der Waals surface area contributed by atoms with E-state index in [9.17, 15) is 17.6 Å². The summed E-state index contributed by atoms with van der Waals surface area (Å²) in [6, 6.07) is 6.82. The van der Waals surface area contributed by atoms with Crippen molar-refractivity contribution in [3.8, 4) is 11.5 Å². The number of carbonyl (C=O) groups is 1. The van der Waals surface area contributed by atoms with Crippen molar-refractivity contribution in [3.05, 3.63) is 53.6 Å². The molecule has 25 heavy (non-hydrogen) atoms. The van der Waals surface area contributed by atoms with Crippen molar-refractivity contribution < 1.29 is 27.1 Å². The van der Waals surface area contributed by atoms with Gasteiger partial charge in [0.05, 0.1) is 11.9 Å². The Hall–Kier alpha value is -2.68. The largest absolute Gasteiger partial charge is 0.486 e. The number of hydrogen-bond acceptors (Lipinski definition) is 6. The summed E-state index contributed by atoms with van der Waals surface area (Å²) >= 11 is 0. The molecular weight excluding hydrogens is 351 g/mol. The molecule has 1 aliphatic rings. The van der Waals surface area contributed by atoms with Gasteiger partial charge in [0.15, 0.2) is 11.5 Å². The minimum Gasteiger partial charge on any atom is -0.486 e. The number of pyridine rings is 1. The lowest BCUT2D eigenvalue weighted by Crippen LogP contribution is -2.33. The van der Waals surface area contributed by atoms with Gasteiger partial charge < -0.3 is 9.47 Å². The smallest absolute Gasteiger partial charge is 0.283 e. The van der Waals surface area contributed by atoms with E-state index >= 15 is 0 Å². The molecule has 0 bridgehead atoms. The normalized spacial score (nSPS) is 13.3. The van der Waals surface area contributed by atoms with Crippen molar-refractivity contribution in [2.75, 3.05) is 19.0 Å². The Kier molecular flexibility index (Phi) is 4.84. The van der Waals surface area contributed by atoms with Gasteiger partial charge in [-0.25, -0.2) is 22.5 Å². The Bertz CT molecular complexity index is 884. The Labute approximate surface area is 143 Å². The molecule has 2 aromatic rings. The van der Waals surface area contributed by atoms with Crippen LogP contribution in [0.5, 0.6) is 11.5 Å². The maximum absolute atomic E-state index is 12.8. The van der Waals surface area contributed by atoms with Crippen LogP contribution in [0.4, 0.5) is 4.39 Å². The molecule has 1 aliphatic heterocycles. The van der Waals surface area contributed by atoms with E-state index in [0.717, 1.165) is 0 Å². The second kappa shape index (κ2) is 7.06. The first-order chi connectivity index (χ1) is 11.9. The first-order valence-electron chi connectivity index (χ1n) is 7.48. The van der Waals surface area contributed by atoms with Gasteiger partial charge in [0, 0.05) is 6.07 Å².